The molecule has 38 heavy (non-hydrogen) atoms. The zero-order valence-corrected chi connectivity index (χ0v) is 22.1. The summed E-state index contributed by atoms with van der Waals surface area (Å²) in [5.74, 6) is 0.212. The number of nitrogens with zero attached hydrogens (tertiary/aromatic N) is 2. The lowest BCUT2D eigenvalue weighted by Gasteiger charge is -2.26. The number of aromatic carboxylic acids is 1. The van der Waals surface area contributed by atoms with Crippen LogP contribution in [0.3, 0.4) is 0 Å². The van der Waals surface area contributed by atoms with Crippen molar-refractivity contribution in [2.75, 3.05) is 15.9 Å². The molecule has 1 saturated heterocycles. The number of furan rings is 1. The van der Waals surface area contributed by atoms with Crippen LogP contribution in [-0.4, -0.2) is 35.8 Å². The van der Waals surface area contributed by atoms with E-state index in [1.54, 1.807) is 30.5 Å². The minimum atomic E-state index is -3.43. The maximum atomic E-state index is 11.8. The Morgan fingerprint density at radius 1 is 1.11 bits per heavy atom. The van der Waals surface area contributed by atoms with Crippen LogP contribution in [0.5, 0.6) is 0 Å². The van der Waals surface area contributed by atoms with Gasteiger partial charge in [-0.25, -0.2) is 13.2 Å². The summed E-state index contributed by atoms with van der Waals surface area (Å²) in [7, 11) is -3.43. The second-order valence-electron chi connectivity index (χ2n) is 8.95. The molecule has 3 heterocycles. The van der Waals surface area contributed by atoms with Crippen molar-refractivity contribution in [2.24, 2.45) is 0 Å². The fourth-order valence-electron chi connectivity index (χ4n) is 4.48. The Hall–Kier alpha value is -4.22. The van der Waals surface area contributed by atoms with Crippen LogP contribution in [0.15, 0.2) is 83.4 Å². The maximum Gasteiger partial charge on any atom is 0.335 e. The fraction of sp³-hybridized carbons (Fsp3) is 0.148. The minimum absolute atomic E-state index is 0.191. The van der Waals surface area contributed by atoms with Gasteiger partial charge in [0, 0.05) is 17.4 Å². The molecule has 0 bridgehead atoms. The number of carboxylic acids is 1. The van der Waals surface area contributed by atoms with Gasteiger partial charge in [-0.3, -0.25) is 9.71 Å². The second-order valence-corrected chi connectivity index (χ2v) is 11.1. The standard InChI is InChI=1S/C27H24N4O5S2/c1-16-15-19(10-11-20(16)30-38(2,34)35)31-25(24(29-27(31)37)21-5-3-4-14-28-21)23-13-12-22(36-23)17-6-8-18(9-7-17)26(32)33/h3-15,24-25,30H,1-2H3,(H,29,37)(H,32,33)/t24-,25+/m0/s1. The summed E-state index contributed by atoms with van der Waals surface area (Å²) in [5, 5.41) is 13.0. The predicted molar refractivity (Wildman–Crippen MR) is 149 cm³/mol. The summed E-state index contributed by atoms with van der Waals surface area (Å²) >= 11 is 5.76. The zero-order chi connectivity index (χ0) is 27.0. The van der Waals surface area contributed by atoms with Crippen molar-refractivity contribution in [3.05, 3.63) is 102 Å². The van der Waals surface area contributed by atoms with E-state index in [2.05, 4.69) is 15.0 Å². The normalized spacial score (nSPS) is 17.3. The number of thiocarbonyl (C=S) groups is 1. The SMILES string of the molecule is Cc1cc(N2C(=S)N[C@@H](c3ccccn3)[C@H]2c2ccc(-c3ccc(C(=O)O)cc3)o2)ccc1NS(C)(=O)=O. The van der Waals surface area contributed by atoms with E-state index in [1.807, 2.05) is 48.2 Å². The highest BCUT2D eigenvalue weighted by Crippen LogP contribution is 2.43. The number of carboxylic acid groups (broad SMARTS) is 1. The molecule has 0 amide bonds. The summed E-state index contributed by atoms with van der Waals surface area (Å²) in [5.41, 5.74) is 3.68. The van der Waals surface area contributed by atoms with Crippen LogP contribution in [0.2, 0.25) is 0 Å². The van der Waals surface area contributed by atoms with Crippen LogP contribution < -0.4 is 14.9 Å². The molecule has 2 atom stereocenters. The minimum Gasteiger partial charge on any atom is -0.478 e. The smallest absolute Gasteiger partial charge is 0.335 e. The molecule has 0 unspecified atom stereocenters. The van der Waals surface area contributed by atoms with Crippen molar-refractivity contribution in [2.45, 2.75) is 19.0 Å². The number of aromatic nitrogens is 1. The third kappa shape index (κ3) is 5.11. The largest absolute Gasteiger partial charge is 0.478 e. The number of anilines is 2. The Balaban J connectivity index is 1.56. The molecule has 2 aromatic heterocycles. The molecule has 0 spiro atoms. The first-order valence-corrected chi connectivity index (χ1v) is 13.9. The number of aryl methyl sites for hydroxylation is 1. The highest BCUT2D eigenvalue weighted by atomic mass is 32.2. The molecule has 2 aromatic carbocycles. The average Bonchev–Trinajstić information content (AvgIpc) is 3.50. The third-order valence-corrected chi connectivity index (χ3v) is 7.12. The summed E-state index contributed by atoms with van der Waals surface area (Å²) in [4.78, 5) is 17.7. The van der Waals surface area contributed by atoms with E-state index in [4.69, 9.17) is 16.6 Å². The van der Waals surface area contributed by atoms with Crippen LogP contribution in [-0.2, 0) is 10.0 Å². The lowest BCUT2D eigenvalue weighted by atomic mass is 10.0. The van der Waals surface area contributed by atoms with E-state index in [-0.39, 0.29) is 11.6 Å². The van der Waals surface area contributed by atoms with Crippen LogP contribution >= 0.6 is 12.2 Å². The van der Waals surface area contributed by atoms with E-state index in [0.717, 1.165) is 28.8 Å². The Bertz CT molecular complexity index is 1620. The lowest BCUT2D eigenvalue weighted by Crippen LogP contribution is -2.29. The highest BCUT2D eigenvalue weighted by Gasteiger charge is 2.42. The molecule has 1 fully saturated rings. The van der Waals surface area contributed by atoms with Gasteiger partial charge in [0.2, 0.25) is 10.0 Å². The maximum absolute atomic E-state index is 11.8. The van der Waals surface area contributed by atoms with E-state index < -0.39 is 22.0 Å². The van der Waals surface area contributed by atoms with Crippen LogP contribution in [0.25, 0.3) is 11.3 Å². The molecule has 4 aromatic rings. The molecular weight excluding hydrogens is 524 g/mol. The first-order chi connectivity index (χ1) is 18.1. The fourth-order valence-corrected chi connectivity index (χ4v) is 5.45. The number of hydrogen-bond acceptors (Lipinski definition) is 6. The molecule has 194 valence electrons. The first-order valence-electron chi connectivity index (χ1n) is 11.6. The summed E-state index contributed by atoms with van der Waals surface area (Å²) < 4.78 is 32.4. The number of carbonyl (C=O) groups is 1. The Kier molecular flexibility index (Phi) is 6.64. The monoisotopic (exact) mass is 548 g/mol. The number of pyridine rings is 1. The van der Waals surface area contributed by atoms with Gasteiger partial charge < -0.3 is 19.7 Å². The van der Waals surface area contributed by atoms with E-state index >= 15 is 0 Å². The Labute approximate surface area is 225 Å². The van der Waals surface area contributed by atoms with Crippen molar-refractivity contribution in [1.29, 1.82) is 0 Å². The molecule has 1 aliphatic heterocycles. The molecule has 0 saturated carbocycles. The topological polar surface area (TPSA) is 125 Å². The van der Waals surface area contributed by atoms with E-state index in [9.17, 15) is 18.3 Å². The number of rotatable bonds is 7. The van der Waals surface area contributed by atoms with Gasteiger partial charge in [-0.15, -0.1) is 0 Å². The molecular formula is C27H24N4O5S2. The number of hydrogen-bond donors (Lipinski definition) is 3. The molecule has 11 heteroatoms. The van der Waals surface area contributed by atoms with Gasteiger partial charge in [0.1, 0.15) is 17.6 Å². The summed E-state index contributed by atoms with van der Waals surface area (Å²) in [6.45, 7) is 1.82. The number of sulfonamides is 1. The predicted octanol–water partition coefficient (Wildman–Crippen LogP) is 4.90. The van der Waals surface area contributed by atoms with Crippen molar-refractivity contribution in [3.8, 4) is 11.3 Å². The highest BCUT2D eigenvalue weighted by molar-refractivity contribution is 7.92. The Morgan fingerprint density at radius 3 is 2.50 bits per heavy atom. The van der Waals surface area contributed by atoms with Crippen molar-refractivity contribution in [1.82, 2.24) is 10.3 Å². The Morgan fingerprint density at radius 2 is 1.87 bits per heavy atom. The quantitative estimate of drug-likeness (QED) is 0.277. The summed E-state index contributed by atoms with van der Waals surface area (Å²) in [6.07, 6.45) is 2.82. The van der Waals surface area contributed by atoms with Crippen molar-refractivity contribution < 1.29 is 22.7 Å². The van der Waals surface area contributed by atoms with Gasteiger partial charge in [0.15, 0.2) is 5.11 Å². The second kappa shape index (κ2) is 9.92. The van der Waals surface area contributed by atoms with E-state index in [0.29, 0.717) is 22.3 Å². The first kappa shape index (κ1) is 25.4. The van der Waals surface area contributed by atoms with Gasteiger partial charge in [-0.05, 0) is 79.3 Å². The summed E-state index contributed by atoms with van der Waals surface area (Å²) in [6, 6.07) is 20.5. The van der Waals surface area contributed by atoms with E-state index in [1.165, 1.54) is 12.1 Å². The number of benzene rings is 2. The molecule has 9 nitrogen and oxygen atoms in total. The van der Waals surface area contributed by atoms with Crippen LogP contribution in [0.4, 0.5) is 11.4 Å². The van der Waals surface area contributed by atoms with Gasteiger partial charge in [0.05, 0.1) is 29.2 Å². The molecule has 1 aliphatic rings. The molecule has 3 N–H and O–H groups in total. The van der Waals surface area contributed by atoms with Gasteiger partial charge in [0.25, 0.3) is 0 Å². The molecule has 0 radical (unpaired) electrons. The van der Waals surface area contributed by atoms with Crippen molar-refractivity contribution >= 4 is 44.7 Å². The molecule has 0 aliphatic carbocycles. The van der Waals surface area contributed by atoms with Crippen LogP contribution in [0.1, 0.15) is 39.5 Å². The van der Waals surface area contributed by atoms with Crippen molar-refractivity contribution in [3.63, 3.8) is 0 Å². The third-order valence-electron chi connectivity index (χ3n) is 6.22. The number of nitrogens with one attached hydrogen (secondary N) is 2. The van der Waals surface area contributed by atoms with Crippen LogP contribution in [0, 0.1) is 6.92 Å². The van der Waals surface area contributed by atoms with Gasteiger partial charge in [-0.2, -0.15) is 0 Å². The molecule has 5 rings (SSSR count). The van der Waals surface area contributed by atoms with Gasteiger partial charge in [-0.1, -0.05) is 18.2 Å². The lowest BCUT2D eigenvalue weighted by molar-refractivity contribution is 0.0697. The van der Waals surface area contributed by atoms with Gasteiger partial charge >= 0.3 is 5.97 Å². The average molecular weight is 549 g/mol. The zero-order valence-electron chi connectivity index (χ0n) is 20.5.